The highest BCUT2D eigenvalue weighted by Crippen LogP contribution is 2.43. The Labute approximate surface area is 218 Å². The molecule has 2 aromatic carbocycles. The molecule has 0 fully saturated rings. The minimum absolute atomic E-state index is 0.0122. The lowest BCUT2D eigenvalue weighted by Crippen LogP contribution is -2.37. The van der Waals surface area contributed by atoms with Crippen LogP contribution in [0.3, 0.4) is 0 Å². The van der Waals surface area contributed by atoms with Crippen molar-refractivity contribution < 1.29 is 32.6 Å². The van der Waals surface area contributed by atoms with Crippen molar-refractivity contribution in [3.05, 3.63) is 58.6 Å². The second-order valence-corrected chi connectivity index (χ2v) is 11.0. The Morgan fingerprint density at radius 3 is 1.84 bits per heavy atom. The fraction of sp³-hybridized carbons (Fsp3) is 0.520. The topological polar surface area (TPSA) is 133 Å². The Kier molecular flexibility index (Phi) is 12.8. The number of nitro groups is 1. The van der Waals surface area contributed by atoms with Crippen molar-refractivity contribution in [1.82, 2.24) is 0 Å². The van der Waals surface area contributed by atoms with Crippen LogP contribution in [-0.2, 0) is 13.6 Å². The van der Waals surface area contributed by atoms with Crippen molar-refractivity contribution in [1.29, 1.82) is 0 Å². The number of rotatable bonds is 18. The summed E-state index contributed by atoms with van der Waals surface area (Å²) in [6, 6.07) is 13.1. The minimum Gasteiger partial charge on any atom is -0.494 e. The van der Waals surface area contributed by atoms with Crippen molar-refractivity contribution in [2.24, 2.45) is 10.2 Å². The monoisotopic (exact) mass is 537 g/mol. The van der Waals surface area contributed by atoms with Gasteiger partial charge in [0.1, 0.15) is 18.9 Å². The standard InChI is InChI=1S/C25H37N4O7P/c1-29(2,3)18-21-36-37(32,33)35-20-9-7-5-4-6-8-19-34-25-16-12-23(13-17-25)27-26-22-10-14-24(15-11-22)28(30)31/h10-17H,4-9,18-21H2,1-3H3/p+1. The van der Waals surface area contributed by atoms with Crippen LogP contribution in [0.1, 0.15) is 38.5 Å². The van der Waals surface area contributed by atoms with Gasteiger partial charge in [0, 0.05) is 12.1 Å². The summed E-state index contributed by atoms with van der Waals surface area (Å²) in [5.41, 5.74) is 1.20. The Morgan fingerprint density at radius 1 is 0.811 bits per heavy atom. The molecule has 0 aliphatic rings. The number of azo groups is 1. The summed E-state index contributed by atoms with van der Waals surface area (Å²) in [6.45, 7) is 1.63. The number of benzene rings is 2. The molecule has 0 aliphatic heterocycles. The van der Waals surface area contributed by atoms with E-state index in [1.54, 1.807) is 24.3 Å². The molecule has 0 bridgehead atoms. The molecule has 0 heterocycles. The quantitative estimate of drug-likeness (QED) is 0.0568. The Bertz CT molecular complexity index is 1020. The first-order chi connectivity index (χ1) is 17.5. The Balaban J connectivity index is 1.51. The summed E-state index contributed by atoms with van der Waals surface area (Å²) in [5.74, 6) is 0.753. The maximum Gasteiger partial charge on any atom is 0.472 e. The van der Waals surface area contributed by atoms with Gasteiger partial charge >= 0.3 is 7.82 Å². The normalized spacial score (nSPS) is 13.5. The average Bonchev–Trinajstić information content (AvgIpc) is 2.84. The van der Waals surface area contributed by atoms with Crippen LogP contribution in [-0.4, -0.2) is 61.8 Å². The van der Waals surface area contributed by atoms with E-state index in [9.17, 15) is 19.6 Å². The van der Waals surface area contributed by atoms with Crippen molar-refractivity contribution in [2.45, 2.75) is 38.5 Å². The lowest BCUT2D eigenvalue weighted by molar-refractivity contribution is -0.870. The molecule has 0 aliphatic carbocycles. The van der Waals surface area contributed by atoms with Crippen LogP contribution in [0.15, 0.2) is 58.8 Å². The maximum absolute atomic E-state index is 11.8. The third kappa shape index (κ3) is 14.0. The predicted molar refractivity (Wildman–Crippen MR) is 142 cm³/mol. The molecule has 0 spiro atoms. The van der Waals surface area contributed by atoms with E-state index in [1.165, 1.54) is 12.1 Å². The maximum atomic E-state index is 11.8. The fourth-order valence-corrected chi connectivity index (χ4v) is 3.86. The summed E-state index contributed by atoms with van der Waals surface area (Å²) < 4.78 is 28.3. The molecular formula is C25H38N4O7P+. The minimum atomic E-state index is -3.96. The van der Waals surface area contributed by atoms with E-state index >= 15 is 0 Å². The van der Waals surface area contributed by atoms with Crippen LogP contribution in [0.4, 0.5) is 17.1 Å². The molecule has 0 amide bonds. The van der Waals surface area contributed by atoms with Gasteiger partial charge in [0.25, 0.3) is 5.69 Å². The smallest absolute Gasteiger partial charge is 0.472 e. The van der Waals surface area contributed by atoms with Crippen LogP contribution in [0.2, 0.25) is 0 Å². The van der Waals surface area contributed by atoms with Crippen LogP contribution >= 0.6 is 7.82 Å². The average molecular weight is 538 g/mol. The van der Waals surface area contributed by atoms with E-state index in [0.717, 1.165) is 37.9 Å². The van der Waals surface area contributed by atoms with Gasteiger partial charge in [0.2, 0.25) is 0 Å². The molecular weight excluding hydrogens is 499 g/mol. The molecule has 204 valence electrons. The van der Waals surface area contributed by atoms with E-state index in [-0.39, 0.29) is 18.9 Å². The van der Waals surface area contributed by atoms with Gasteiger partial charge in [-0.15, -0.1) is 0 Å². The first kappa shape index (κ1) is 30.5. The molecule has 0 saturated heterocycles. The summed E-state index contributed by atoms with van der Waals surface area (Å²) in [6.07, 6.45) is 5.69. The number of phosphoric ester groups is 1. The van der Waals surface area contributed by atoms with E-state index in [1.807, 2.05) is 33.3 Å². The summed E-state index contributed by atoms with van der Waals surface area (Å²) in [7, 11) is 1.99. The molecule has 2 rings (SSSR count). The second-order valence-electron chi connectivity index (χ2n) is 9.59. The largest absolute Gasteiger partial charge is 0.494 e. The number of non-ortho nitro benzene ring substituents is 1. The molecule has 1 atom stereocenters. The van der Waals surface area contributed by atoms with E-state index < -0.39 is 12.7 Å². The zero-order valence-electron chi connectivity index (χ0n) is 21.8. The molecule has 2 aromatic rings. The number of quaternary nitrogens is 1. The highest BCUT2D eigenvalue weighted by atomic mass is 31.2. The summed E-state index contributed by atoms with van der Waals surface area (Å²) in [5, 5.41) is 18.9. The molecule has 37 heavy (non-hydrogen) atoms. The van der Waals surface area contributed by atoms with Crippen molar-refractivity contribution in [2.75, 3.05) is 47.5 Å². The van der Waals surface area contributed by atoms with Crippen LogP contribution < -0.4 is 4.74 Å². The van der Waals surface area contributed by atoms with Gasteiger partial charge in [-0.2, -0.15) is 10.2 Å². The number of nitrogens with zero attached hydrogens (tertiary/aromatic N) is 4. The van der Waals surface area contributed by atoms with Crippen LogP contribution in [0.5, 0.6) is 5.75 Å². The second kappa shape index (κ2) is 15.5. The lowest BCUT2D eigenvalue weighted by Gasteiger charge is -2.24. The van der Waals surface area contributed by atoms with E-state index in [4.69, 9.17) is 13.8 Å². The zero-order chi connectivity index (χ0) is 27.2. The zero-order valence-corrected chi connectivity index (χ0v) is 22.7. The third-order valence-electron chi connectivity index (χ3n) is 5.26. The van der Waals surface area contributed by atoms with Gasteiger partial charge in [-0.1, -0.05) is 25.7 Å². The van der Waals surface area contributed by atoms with Gasteiger partial charge < -0.3 is 14.1 Å². The van der Waals surface area contributed by atoms with E-state index in [2.05, 4.69) is 10.2 Å². The summed E-state index contributed by atoms with van der Waals surface area (Å²) >= 11 is 0. The molecule has 12 heteroatoms. The lowest BCUT2D eigenvalue weighted by atomic mass is 10.1. The third-order valence-corrected chi connectivity index (χ3v) is 6.27. The van der Waals surface area contributed by atoms with Crippen molar-refractivity contribution >= 4 is 24.9 Å². The predicted octanol–water partition coefficient (Wildman–Crippen LogP) is 6.57. The number of unbranched alkanes of at least 4 members (excludes halogenated alkanes) is 5. The summed E-state index contributed by atoms with van der Waals surface area (Å²) in [4.78, 5) is 19.9. The number of nitro benzene ring substituents is 1. The number of hydrogen-bond donors (Lipinski definition) is 1. The molecule has 0 saturated carbocycles. The van der Waals surface area contributed by atoms with Gasteiger partial charge in [-0.05, 0) is 49.2 Å². The van der Waals surface area contributed by atoms with Crippen molar-refractivity contribution in [3.63, 3.8) is 0 Å². The van der Waals surface area contributed by atoms with E-state index in [0.29, 0.717) is 35.4 Å². The number of likely N-dealkylation sites (N-methyl/N-ethyl adjacent to an activating group) is 1. The number of phosphoric acid groups is 1. The first-order valence-electron chi connectivity index (χ1n) is 12.4. The molecule has 0 aromatic heterocycles. The van der Waals surface area contributed by atoms with Gasteiger partial charge in [0.15, 0.2) is 0 Å². The first-order valence-corrected chi connectivity index (χ1v) is 13.8. The van der Waals surface area contributed by atoms with Gasteiger partial charge in [-0.3, -0.25) is 19.2 Å². The number of ether oxygens (including phenoxy) is 1. The van der Waals surface area contributed by atoms with Gasteiger partial charge in [-0.25, -0.2) is 4.57 Å². The fourth-order valence-electron chi connectivity index (χ4n) is 3.11. The number of hydrogen-bond acceptors (Lipinski definition) is 8. The van der Waals surface area contributed by atoms with Crippen LogP contribution in [0.25, 0.3) is 0 Å². The van der Waals surface area contributed by atoms with Gasteiger partial charge in [0.05, 0.1) is 50.7 Å². The Morgan fingerprint density at radius 2 is 1.30 bits per heavy atom. The molecule has 11 nitrogen and oxygen atoms in total. The SMILES string of the molecule is C[N+](C)(C)CCOP(=O)(O)OCCCCCCCCOc1ccc(N=Nc2ccc([N+](=O)[O-])cc2)cc1. The molecule has 1 N–H and O–H groups in total. The highest BCUT2D eigenvalue weighted by molar-refractivity contribution is 7.47. The Hall–Kier alpha value is -2.69. The highest BCUT2D eigenvalue weighted by Gasteiger charge is 2.21. The van der Waals surface area contributed by atoms with Crippen LogP contribution in [0, 0.1) is 10.1 Å². The van der Waals surface area contributed by atoms with Crippen molar-refractivity contribution in [3.8, 4) is 5.75 Å². The molecule has 0 radical (unpaired) electrons. The molecule has 1 unspecified atom stereocenters.